The zero-order valence-corrected chi connectivity index (χ0v) is 14.7. The second kappa shape index (κ2) is 7.21. The third-order valence-electron chi connectivity index (χ3n) is 4.09. The largest absolute Gasteiger partial charge is 0.423 e. The molecule has 0 atom stereocenters. The molecule has 3 aromatic carbocycles. The van der Waals surface area contributed by atoms with Crippen LogP contribution in [0.3, 0.4) is 0 Å². The summed E-state index contributed by atoms with van der Waals surface area (Å²) in [6, 6.07) is 17.7. The average Bonchev–Trinajstić information content (AvgIpc) is 3.06. The quantitative estimate of drug-likeness (QED) is 0.349. The summed E-state index contributed by atoms with van der Waals surface area (Å²) in [5, 5.41) is 5.63. The van der Waals surface area contributed by atoms with Gasteiger partial charge in [-0.1, -0.05) is 28.9 Å². The van der Waals surface area contributed by atoms with Gasteiger partial charge in [-0.2, -0.15) is 0 Å². The summed E-state index contributed by atoms with van der Waals surface area (Å²) in [6.07, 6.45) is 0.596. The molecule has 1 aromatic heterocycles. The normalized spacial score (nSPS) is 10.9. The second-order valence-corrected chi connectivity index (χ2v) is 6.42. The molecule has 27 heavy (non-hydrogen) atoms. The fourth-order valence-electron chi connectivity index (χ4n) is 2.71. The van der Waals surface area contributed by atoms with E-state index in [-0.39, 0.29) is 5.56 Å². The number of nitrogens with zero attached hydrogens (tertiary/aromatic N) is 1. The molecule has 0 radical (unpaired) electrons. The lowest BCUT2D eigenvalue weighted by molar-refractivity contribution is 0.0735. The molecular formula is C21H13ClFNO3. The number of esters is 1. The molecule has 0 fully saturated rings. The van der Waals surface area contributed by atoms with Crippen LogP contribution in [-0.4, -0.2) is 11.1 Å². The second-order valence-electron chi connectivity index (χ2n) is 5.99. The minimum absolute atomic E-state index is 0.262. The van der Waals surface area contributed by atoms with Crippen molar-refractivity contribution in [3.63, 3.8) is 0 Å². The van der Waals surface area contributed by atoms with Crippen LogP contribution in [-0.2, 0) is 6.42 Å². The molecule has 0 unspecified atom stereocenters. The Hall–Kier alpha value is -3.18. The van der Waals surface area contributed by atoms with Crippen molar-refractivity contribution in [2.75, 3.05) is 0 Å². The van der Waals surface area contributed by atoms with E-state index in [2.05, 4.69) is 5.16 Å². The standard InChI is InChI=1S/C21H13ClFNO3/c22-15-5-1-13(2-6-15)11-19-18-10-9-17(12-20(18)27-24-19)26-21(25)14-3-7-16(23)8-4-14/h1-10,12H,11H2. The first-order chi connectivity index (χ1) is 13.1. The Kier molecular flexibility index (Phi) is 4.60. The molecule has 0 bridgehead atoms. The van der Waals surface area contributed by atoms with Gasteiger partial charge in [-0.15, -0.1) is 0 Å². The summed E-state index contributed by atoms with van der Waals surface area (Å²) in [7, 11) is 0. The SMILES string of the molecule is O=C(Oc1ccc2c(Cc3ccc(Cl)cc3)noc2c1)c1ccc(F)cc1. The average molecular weight is 382 g/mol. The molecule has 134 valence electrons. The fourth-order valence-corrected chi connectivity index (χ4v) is 2.83. The van der Waals surface area contributed by atoms with Gasteiger partial charge in [-0.25, -0.2) is 9.18 Å². The number of benzene rings is 3. The van der Waals surface area contributed by atoms with Crippen molar-refractivity contribution in [2.45, 2.75) is 6.42 Å². The minimum Gasteiger partial charge on any atom is -0.423 e. The van der Waals surface area contributed by atoms with Crippen molar-refractivity contribution in [2.24, 2.45) is 0 Å². The Balaban J connectivity index is 1.54. The number of ether oxygens (including phenoxy) is 1. The maximum Gasteiger partial charge on any atom is 0.343 e. The van der Waals surface area contributed by atoms with Gasteiger partial charge >= 0.3 is 5.97 Å². The molecule has 4 nitrogen and oxygen atoms in total. The van der Waals surface area contributed by atoms with E-state index >= 15 is 0 Å². The van der Waals surface area contributed by atoms with Gasteiger partial charge in [0.2, 0.25) is 0 Å². The van der Waals surface area contributed by atoms with E-state index < -0.39 is 11.8 Å². The maximum atomic E-state index is 13.0. The van der Waals surface area contributed by atoms with E-state index in [1.54, 1.807) is 18.2 Å². The lowest BCUT2D eigenvalue weighted by Gasteiger charge is -2.04. The summed E-state index contributed by atoms with van der Waals surface area (Å²) < 4.78 is 23.6. The van der Waals surface area contributed by atoms with Crippen molar-refractivity contribution in [3.05, 3.63) is 94.4 Å². The van der Waals surface area contributed by atoms with Gasteiger partial charge in [-0.3, -0.25) is 0 Å². The van der Waals surface area contributed by atoms with E-state index in [4.69, 9.17) is 20.9 Å². The number of hydrogen-bond donors (Lipinski definition) is 0. The molecule has 4 rings (SSSR count). The summed E-state index contributed by atoms with van der Waals surface area (Å²) in [4.78, 5) is 12.1. The number of carbonyl (C=O) groups is 1. The van der Waals surface area contributed by atoms with Gasteiger partial charge < -0.3 is 9.26 Å². The van der Waals surface area contributed by atoms with Gasteiger partial charge in [0, 0.05) is 22.9 Å². The van der Waals surface area contributed by atoms with Crippen LogP contribution in [0.4, 0.5) is 4.39 Å². The Morgan fingerprint density at radius 1 is 1.04 bits per heavy atom. The zero-order valence-electron chi connectivity index (χ0n) is 14.0. The number of fused-ring (bicyclic) bond motifs is 1. The van der Waals surface area contributed by atoms with Crippen LogP contribution < -0.4 is 4.74 Å². The highest BCUT2D eigenvalue weighted by Crippen LogP contribution is 2.26. The van der Waals surface area contributed by atoms with Gasteiger partial charge in [-0.05, 0) is 54.1 Å². The lowest BCUT2D eigenvalue weighted by Crippen LogP contribution is -2.08. The van der Waals surface area contributed by atoms with Crippen LogP contribution in [0.2, 0.25) is 5.02 Å². The maximum absolute atomic E-state index is 13.0. The topological polar surface area (TPSA) is 52.3 Å². The molecule has 0 amide bonds. The summed E-state index contributed by atoms with van der Waals surface area (Å²) >= 11 is 5.91. The summed E-state index contributed by atoms with van der Waals surface area (Å²) in [6.45, 7) is 0. The van der Waals surface area contributed by atoms with Crippen LogP contribution in [0.15, 0.2) is 71.3 Å². The summed E-state index contributed by atoms with van der Waals surface area (Å²) in [5.74, 6) is -0.663. The van der Waals surface area contributed by atoms with Crippen LogP contribution in [0.5, 0.6) is 5.75 Å². The molecule has 0 aliphatic rings. The first-order valence-electron chi connectivity index (χ1n) is 8.19. The Bertz CT molecular complexity index is 1100. The van der Waals surface area contributed by atoms with Gasteiger partial charge in [0.15, 0.2) is 5.58 Å². The van der Waals surface area contributed by atoms with Crippen LogP contribution >= 0.6 is 11.6 Å². The van der Waals surface area contributed by atoms with Crippen molar-refractivity contribution in [1.29, 1.82) is 0 Å². The highest BCUT2D eigenvalue weighted by atomic mass is 35.5. The lowest BCUT2D eigenvalue weighted by atomic mass is 10.1. The Labute approximate surface area is 159 Å². The molecule has 0 aliphatic carbocycles. The van der Waals surface area contributed by atoms with Crippen molar-refractivity contribution < 1.29 is 18.4 Å². The molecule has 0 N–H and O–H groups in total. The molecule has 0 saturated heterocycles. The third-order valence-corrected chi connectivity index (χ3v) is 4.35. The molecule has 6 heteroatoms. The molecule has 4 aromatic rings. The Morgan fingerprint density at radius 3 is 2.52 bits per heavy atom. The number of carbonyl (C=O) groups excluding carboxylic acids is 1. The zero-order chi connectivity index (χ0) is 18.8. The van der Waals surface area contributed by atoms with Gasteiger partial charge in [0.1, 0.15) is 11.6 Å². The van der Waals surface area contributed by atoms with E-state index in [0.717, 1.165) is 16.6 Å². The van der Waals surface area contributed by atoms with Crippen molar-refractivity contribution in [3.8, 4) is 5.75 Å². The van der Waals surface area contributed by atoms with E-state index in [1.807, 2.05) is 24.3 Å². The molecule has 1 heterocycles. The van der Waals surface area contributed by atoms with E-state index in [9.17, 15) is 9.18 Å². The number of hydrogen-bond acceptors (Lipinski definition) is 4. The number of rotatable bonds is 4. The van der Waals surface area contributed by atoms with Gasteiger partial charge in [0.05, 0.1) is 11.3 Å². The molecule has 0 spiro atoms. The Morgan fingerprint density at radius 2 is 1.78 bits per heavy atom. The minimum atomic E-state index is -0.574. The highest BCUT2D eigenvalue weighted by Gasteiger charge is 2.13. The van der Waals surface area contributed by atoms with E-state index in [0.29, 0.717) is 22.8 Å². The number of halogens is 2. The molecule has 0 saturated carbocycles. The first-order valence-corrected chi connectivity index (χ1v) is 8.57. The van der Waals surface area contributed by atoms with E-state index in [1.165, 1.54) is 24.3 Å². The van der Waals surface area contributed by atoms with Crippen molar-refractivity contribution in [1.82, 2.24) is 5.16 Å². The first kappa shape index (κ1) is 17.2. The van der Waals surface area contributed by atoms with Crippen molar-refractivity contribution >= 4 is 28.5 Å². The third kappa shape index (κ3) is 3.83. The molecular weight excluding hydrogens is 369 g/mol. The predicted molar refractivity (Wildman–Crippen MR) is 99.6 cm³/mol. The monoisotopic (exact) mass is 381 g/mol. The summed E-state index contributed by atoms with van der Waals surface area (Å²) in [5.41, 5.74) is 2.62. The fraction of sp³-hybridized carbons (Fsp3) is 0.0476. The van der Waals surface area contributed by atoms with Gasteiger partial charge in [0.25, 0.3) is 0 Å². The van der Waals surface area contributed by atoms with Crippen LogP contribution in [0.1, 0.15) is 21.6 Å². The van der Waals surface area contributed by atoms with Crippen LogP contribution in [0, 0.1) is 5.82 Å². The smallest absolute Gasteiger partial charge is 0.343 e. The molecule has 0 aliphatic heterocycles. The predicted octanol–water partition coefficient (Wildman–Crippen LogP) is 5.43. The van der Waals surface area contributed by atoms with Crippen LogP contribution in [0.25, 0.3) is 11.0 Å². The highest BCUT2D eigenvalue weighted by molar-refractivity contribution is 6.30. The number of aromatic nitrogens is 1.